The molecule has 1 aromatic heterocycles. The predicted molar refractivity (Wildman–Crippen MR) is 150 cm³/mol. The number of anilines is 1. The summed E-state index contributed by atoms with van der Waals surface area (Å²) in [7, 11) is 1.36. The first-order valence-electron chi connectivity index (χ1n) is 13.8. The molecule has 1 atom stereocenters. The second-order valence-corrected chi connectivity index (χ2v) is 11.5. The van der Waals surface area contributed by atoms with Crippen LogP contribution in [-0.2, 0) is 25.7 Å². The Morgan fingerprint density at radius 1 is 1.17 bits per heavy atom. The fourth-order valence-electron chi connectivity index (χ4n) is 5.15. The Kier molecular flexibility index (Phi) is 8.79. The molecule has 0 radical (unpaired) electrons. The van der Waals surface area contributed by atoms with Crippen molar-refractivity contribution in [3.8, 4) is 0 Å². The summed E-state index contributed by atoms with van der Waals surface area (Å²) in [6.45, 7) is 8.87. The molecule has 0 saturated carbocycles. The number of likely N-dealkylation sites (N-methyl/N-ethyl adjacent to an activating group) is 1. The average molecular weight is 567 g/mol. The van der Waals surface area contributed by atoms with E-state index in [4.69, 9.17) is 4.74 Å². The number of hydrogen-bond acceptors (Lipinski definition) is 8. The first-order valence-corrected chi connectivity index (χ1v) is 13.8. The van der Waals surface area contributed by atoms with E-state index in [2.05, 4.69) is 10.4 Å². The molecule has 1 unspecified atom stereocenters. The minimum atomic E-state index is -1.03. The van der Waals surface area contributed by atoms with Gasteiger partial charge in [-0.25, -0.2) is 4.79 Å². The highest BCUT2D eigenvalue weighted by Gasteiger charge is 2.39. The number of imide groups is 2. The van der Waals surface area contributed by atoms with Crippen molar-refractivity contribution in [2.24, 2.45) is 0 Å². The van der Waals surface area contributed by atoms with Crippen LogP contribution < -0.4 is 5.32 Å². The van der Waals surface area contributed by atoms with Crippen LogP contribution in [0.25, 0.3) is 0 Å². The van der Waals surface area contributed by atoms with E-state index in [-0.39, 0.29) is 36.4 Å². The molecule has 2 fully saturated rings. The number of aromatic nitrogens is 2. The third kappa shape index (κ3) is 6.75. The number of ether oxygens (including phenoxy) is 1. The van der Waals surface area contributed by atoms with Gasteiger partial charge in [0.2, 0.25) is 12.3 Å². The molecule has 2 aliphatic rings. The Labute approximate surface area is 239 Å². The summed E-state index contributed by atoms with van der Waals surface area (Å²) in [6.07, 6.45) is 5.46. The summed E-state index contributed by atoms with van der Waals surface area (Å²) in [5.41, 5.74) is 1.82. The minimum absolute atomic E-state index is 0.0768. The van der Waals surface area contributed by atoms with Crippen molar-refractivity contribution in [1.29, 1.82) is 0 Å². The van der Waals surface area contributed by atoms with E-state index in [0.717, 1.165) is 28.2 Å². The van der Waals surface area contributed by atoms with E-state index >= 15 is 0 Å². The van der Waals surface area contributed by atoms with Crippen molar-refractivity contribution in [3.05, 3.63) is 47.3 Å². The van der Waals surface area contributed by atoms with Crippen LogP contribution in [0.4, 0.5) is 10.5 Å². The van der Waals surface area contributed by atoms with Crippen molar-refractivity contribution in [3.63, 3.8) is 0 Å². The van der Waals surface area contributed by atoms with E-state index in [1.165, 1.54) is 7.05 Å². The lowest BCUT2D eigenvalue weighted by Gasteiger charge is -2.33. The van der Waals surface area contributed by atoms with E-state index in [1.807, 2.05) is 31.6 Å². The number of piperidine rings is 2. The second-order valence-electron chi connectivity index (χ2n) is 11.5. The standard InChI is InChI=1S/C29H38N6O6/c1-19-7-6-8-22(25(19)27(39)34(18-36)23-9-10-24(37)32(5)26(23)38)30-15-20-16-31-35(17-20)21-11-13-33(14-12-21)28(40)41-29(2,3)4/h6-8,16-18,21,23,30H,9-15H2,1-5H3. The van der Waals surface area contributed by atoms with Crippen LogP contribution in [0.3, 0.4) is 0 Å². The lowest BCUT2D eigenvalue weighted by molar-refractivity contribution is -0.151. The van der Waals surface area contributed by atoms with Crippen molar-refractivity contribution < 1.29 is 28.7 Å². The number of amides is 5. The number of carbonyl (C=O) groups excluding carboxylic acids is 5. The Hall–Kier alpha value is -4.22. The van der Waals surface area contributed by atoms with Gasteiger partial charge in [-0.2, -0.15) is 5.10 Å². The van der Waals surface area contributed by atoms with E-state index < -0.39 is 23.5 Å². The molecule has 5 amide bonds. The lowest BCUT2D eigenvalue weighted by atomic mass is 10.00. The van der Waals surface area contributed by atoms with Crippen LogP contribution >= 0.6 is 0 Å². The van der Waals surface area contributed by atoms with Gasteiger partial charge in [-0.1, -0.05) is 12.1 Å². The van der Waals surface area contributed by atoms with E-state index in [1.54, 1.807) is 36.2 Å². The van der Waals surface area contributed by atoms with E-state index in [9.17, 15) is 24.0 Å². The number of carbonyl (C=O) groups is 5. The van der Waals surface area contributed by atoms with Gasteiger partial charge in [0.15, 0.2) is 0 Å². The smallest absolute Gasteiger partial charge is 0.410 e. The molecule has 2 aliphatic heterocycles. The number of likely N-dealkylation sites (tertiary alicyclic amines) is 2. The van der Waals surface area contributed by atoms with Crippen molar-refractivity contribution in [2.75, 3.05) is 25.5 Å². The van der Waals surface area contributed by atoms with Crippen LogP contribution in [0, 0.1) is 6.92 Å². The number of rotatable bonds is 7. The normalized spacial score (nSPS) is 18.3. The number of hydrogen-bond donors (Lipinski definition) is 1. The summed E-state index contributed by atoms with van der Waals surface area (Å²) < 4.78 is 7.39. The third-order valence-electron chi connectivity index (χ3n) is 7.42. The highest BCUT2D eigenvalue weighted by Crippen LogP contribution is 2.27. The fraction of sp³-hybridized carbons (Fsp3) is 0.517. The zero-order valence-corrected chi connectivity index (χ0v) is 24.3. The van der Waals surface area contributed by atoms with Gasteiger partial charge in [-0.3, -0.25) is 33.7 Å². The molecule has 1 N–H and O–H groups in total. The molecule has 2 aromatic rings. The fourth-order valence-corrected chi connectivity index (χ4v) is 5.15. The molecule has 1 aromatic carbocycles. The van der Waals surface area contributed by atoms with Gasteiger partial charge < -0.3 is 15.0 Å². The van der Waals surface area contributed by atoms with Crippen LogP contribution in [-0.4, -0.2) is 86.5 Å². The van der Waals surface area contributed by atoms with Crippen molar-refractivity contribution in [1.82, 2.24) is 24.5 Å². The van der Waals surface area contributed by atoms with Gasteiger partial charge in [-0.05, 0) is 58.6 Å². The predicted octanol–water partition coefficient (Wildman–Crippen LogP) is 3.12. The zero-order chi connectivity index (χ0) is 29.9. The van der Waals surface area contributed by atoms with Crippen molar-refractivity contribution in [2.45, 2.75) is 77.6 Å². The molecule has 0 aliphatic carbocycles. The average Bonchev–Trinajstić information content (AvgIpc) is 3.40. The molecule has 4 rings (SSSR count). The topological polar surface area (TPSA) is 134 Å². The first kappa shape index (κ1) is 29.8. The third-order valence-corrected chi connectivity index (χ3v) is 7.42. The summed E-state index contributed by atoms with van der Waals surface area (Å²) in [5.74, 6) is -1.51. The monoisotopic (exact) mass is 566 g/mol. The molecule has 0 bridgehead atoms. The van der Waals surface area contributed by atoms with Gasteiger partial charge >= 0.3 is 6.09 Å². The maximum atomic E-state index is 13.6. The Morgan fingerprint density at radius 2 is 1.88 bits per heavy atom. The SMILES string of the molecule is Cc1cccc(NCc2cnn(C3CCN(C(=O)OC(C)(C)C)CC3)c2)c1C(=O)N(C=O)C1CCC(=O)N(C)C1=O. The van der Waals surface area contributed by atoms with Gasteiger partial charge in [0.1, 0.15) is 11.6 Å². The van der Waals surface area contributed by atoms with Gasteiger partial charge in [0.05, 0.1) is 17.8 Å². The second kappa shape index (κ2) is 12.1. The van der Waals surface area contributed by atoms with Crippen LogP contribution in [0.15, 0.2) is 30.6 Å². The number of benzene rings is 1. The molecule has 0 spiro atoms. The molecule has 3 heterocycles. The van der Waals surface area contributed by atoms with Crippen LogP contribution in [0.5, 0.6) is 0 Å². The molecule has 2 saturated heterocycles. The Bertz CT molecular complexity index is 1320. The molecule has 41 heavy (non-hydrogen) atoms. The largest absolute Gasteiger partial charge is 0.444 e. The zero-order valence-electron chi connectivity index (χ0n) is 24.3. The summed E-state index contributed by atoms with van der Waals surface area (Å²) in [5, 5.41) is 7.82. The highest BCUT2D eigenvalue weighted by atomic mass is 16.6. The summed E-state index contributed by atoms with van der Waals surface area (Å²) in [6, 6.07) is 4.44. The van der Waals surface area contributed by atoms with Gasteiger partial charge in [-0.15, -0.1) is 0 Å². The van der Waals surface area contributed by atoms with E-state index in [0.29, 0.717) is 37.3 Å². The number of nitrogens with one attached hydrogen (secondary N) is 1. The maximum absolute atomic E-state index is 13.6. The number of nitrogens with zero attached hydrogens (tertiary/aromatic N) is 5. The first-order chi connectivity index (χ1) is 19.4. The van der Waals surface area contributed by atoms with Gasteiger partial charge in [0.25, 0.3) is 11.8 Å². The molecule has 220 valence electrons. The lowest BCUT2D eigenvalue weighted by Crippen LogP contribution is -2.54. The van der Waals surface area contributed by atoms with Crippen molar-refractivity contribution >= 4 is 35.9 Å². The number of aryl methyl sites for hydroxylation is 1. The molecular weight excluding hydrogens is 528 g/mol. The van der Waals surface area contributed by atoms with Crippen LogP contribution in [0.2, 0.25) is 0 Å². The quantitative estimate of drug-likeness (QED) is 0.399. The Morgan fingerprint density at radius 3 is 2.54 bits per heavy atom. The highest BCUT2D eigenvalue weighted by molar-refractivity contribution is 6.09. The Balaban J connectivity index is 1.41. The summed E-state index contributed by atoms with van der Waals surface area (Å²) >= 11 is 0. The maximum Gasteiger partial charge on any atom is 0.410 e. The van der Waals surface area contributed by atoms with Gasteiger partial charge in [0, 0.05) is 50.6 Å². The van der Waals surface area contributed by atoms with Crippen LogP contribution in [0.1, 0.15) is 74.0 Å². The minimum Gasteiger partial charge on any atom is -0.444 e. The molecular formula is C29H38N6O6. The summed E-state index contributed by atoms with van der Waals surface area (Å²) in [4.78, 5) is 66.1. The molecule has 12 heteroatoms. The molecule has 12 nitrogen and oxygen atoms in total.